The number of hydrogen-bond acceptors (Lipinski definition) is 3. The first kappa shape index (κ1) is 16.9. The molecule has 1 amide bonds. The van der Waals surface area contributed by atoms with Crippen LogP contribution in [0.2, 0.25) is 10.0 Å². The van der Waals surface area contributed by atoms with Gasteiger partial charge in [0.1, 0.15) is 0 Å². The molecule has 130 valence electrons. The van der Waals surface area contributed by atoms with Crippen molar-refractivity contribution in [2.45, 2.75) is 13.1 Å². The minimum absolute atomic E-state index is 0.104. The Bertz CT molecular complexity index is 989. The monoisotopic (exact) mass is 383 g/mol. The fraction of sp³-hybridized carbons (Fsp3) is 0.100. The molecular formula is C20H15Cl2N3O. The van der Waals surface area contributed by atoms with E-state index in [-0.39, 0.29) is 5.91 Å². The number of carbonyl (C=O) groups excluding carboxylic acids is 1. The molecule has 2 aromatic carbocycles. The number of fused-ring (bicyclic) bond motifs is 1. The number of anilines is 2. The molecule has 1 aliphatic rings. The SMILES string of the molecule is Cc1ccc(N2C(=O)c3cccnc3[C@@H]2Nc2cccc(Cl)c2Cl)cc1. The number of nitrogens with zero attached hydrogens (tertiary/aromatic N) is 2. The number of rotatable bonds is 3. The number of benzene rings is 2. The van der Waals surface area contributed by atoms with Gasteiger partial charge >= 0.3 is 0 Å². The van der Waals surface area contributed by atoms with E-state index in [0.29, 0.717) is 27.0 Å². The van der Waals surface area contributed by atoms with Gasteiger partial charge in [0.25, 0.3) is 5.91 Å². The molecule has 3 aromatic rings. The van der Waals surface area contributed by atoms with E-state index in [2.05, 4.69) is 10.3 Å². The zero-order valence-electron chi connectivity index (χ0n) is 13.9. The van der Waals surface area contributed by atoms with Gasteiger partial charge in [-0.05, 0) is 43.3 Å². The van der Waals surface area contributed by atoms with Crippen LogP contribution in [-0.4, -0.2) is 10.9 Å². The van der Waals surface area contributed by atoms with E-state index in [1.54, 1.807) is 29.3 Å². The van der Waals surface area contributed by atoms with Gasteiger partial charge in [0, 0.05) is 11.9 Å². The Kier molecular flexibility index (Phi) is 4.31. The van der Waals surface area contributed by atoms with Crippen molar-refractivity contribution < 1.29 is 4.79 Å². The highest BCUT2D eigenvalue weighted by Gasteiger charge is 2.39. The normalized spacial score (nSPS) is 15.9. The molecule has 0 saturated heterocycles. The summed E-state index contributed by atoms with van der Waals surface area (Å²) >= 11 is 12.5. The number of aryl methyl sites for hydroxylation is 1. The average molecular weight is 384 g/mol. The fourth-order valence-electron chi connectivity index (χ4n) is 3.05. The summed E-state index contributed by atoms with van der Waals surface area (Å²) in [7, 11) is 0. The molecular weight excluding hydrogens is 369 g/mol. The summed E-state index contributed by atoms with van der Waals surface area (Å²) in [5.74, 6) is -0.104. The van der Waals surface area contributed by atoms with Crippen LogP contribution in [0.3, 0.4) is 0 Å². The maximum absolute atomic E-state index is 13.0. The third kappa shape index (κ3) is 2.81. The van der Waals surface area contributed by atoms with Crippen molar-refractivity contribution >= 4 is 40.5 Å². The van der Waals surface area contributed by atoms with Crippen molar-refractivity contribution in [3.05, 3.63) is 87.7 Å². The van der Waals surface area contributed by atoms with Crippen molar-refractivity contribution in [2.24, 2.45) is 0 Å². The van der Waals surface area contributed by atoms with Gasteiger partial charge < -0.3 is 5.32 Å². The Hall–Kier alpha value is -2.56. The van der Waals surface area contributed by atoms with E-state index < -0.39 is 6.17 Å². The zero-order chi connectivity index (χ0) is 18.3. The standard InChI is InChI=1S/C20H15Cl2N3O/c1-12-7-9-13(10-8-12)25-19(18-14(20(25)26)4-3-11-23-18)24-16-6-2-5-15(21)17(16)22/h2-11,19,24H,1H3/t19-/m1/s1. The lowest BCUT2D eigenvalue weighted by atomic mass is 10.2. The van der Waals surface area contributed by atoms with Crippen molar-refractivity contribution in [1.82, 2.24) is 4.98 Å². The second kappa shape index (κ2) is 6.63. The Balaban J connectivity index is 1.81. The van der Waals surface area contributed by atoms with E-state index in [1.165, 1.54) is 0 Å². The Labute approximate surface area is 161 Å². The first-order valence-corrected chi connectivity index (χ1v) is 8.87. The predicted octanol–water partition coefficient (Wildman–Crippen LogP) is 5.47. The maximum atomic E-state index is 13.0. The van der Waals surface area contributed by atoms with Gasteiger partial charge in [0.2, 0.25) is 0 Å². The van der Waals surface area contributed by atoms with Gasteiger partial charge in [-0.2, -0.15) is 0 Å². The molecule has 1 aliphatic heterocycles. The molecule has 26 heavy (non-hydrogen) atoms. The van der Waals surface area contributed by atoms with Crippen molar-refractivity contribution in [3.63, 3.8) is 0 Å². The molecule has 6 heteroatoms. The van der Waals surface area contributed by atoms with Crippen LogP contribution in [0.15, 0.2) is 60.8 Å². The summed E-state index contributed by atoms with van der Waals surface area (Å²) in [5.41, 5.74) is 3.79. The van der Waals surface area contributed by atoms with Crippen LogP contribution in [0.4, 0.5) is 11.4 Å². The minimum atomic E-state index is -0.475. The summed E-state index contributed by atoms with van der Waals surface area (Å²) in [5, 5.41) is 4.19. The highest BCUT2D eigenvalue weighted by molar-refractivity contribution is 6.43. The van der Waals surface area contributed by atoms with Gasteiger partial charge in [-0.1, -0.05) is 47.0 Å². The van der Waals surface area contributed by atoms with Crippen LogP contribution < -0.4 is 10.2 Å². The van der Waals surface area contributed by atoms with Gasteiger partial charge in [-0.15, -0.1) is 0 Å². The van der Waals surface area contributed by atoms with Crippen molar-refractivity contribution in [2.75, 3.05) is 10.2 Å². The van der Waals surface area contributed by atoms with E-state index in [9.17, 15) is 4.79 Å². The number of aromatic nitrogens is 1. The third-order valence-electron chi connectivity index (χ3n) is 4.36. The molecule has 0 spiro atoms. The van der Waals surface area contributed by atoms with Crippen LogP contribution in [0.25, 0.3) is 0 Å². The molecule has 1 atom stereocenters. The van der Waals surface area contributed by atoms with Crippen LogP contribution in [-0.2, 0) is 0 Å². The Morgan fingerprint density at radius 3 is 2.58 bits per heavy atom. The molecule has 4 nitrogen and oxygen atoms in total. The molecule has 0 saturated carbocycles. The van der Waals surface area contributed by atoms with Gasteiger partial charge in [-0.3, -0.25) is 14.7 Å². The topological polar surface area (TPSA) is 45.2 Å². The summed E-state index contributed by atoms with van der Waals surface area (Å²) in [6.07, 6.45) is 1.20. The lowest BCUT2D eigenvalue weighted by molar-refractivity contribution is 0.0993. The van der Waals surface area contributed by atoms with E-state index in [1.807, 2.05) is 43.3 Å². The first-order valence-electron chi connectivity index (χ1n) is 8.12. The number of nitrogens with one attached hydrogen (secondary N) is 1. The molecule has 1 N–H and O–H groups in total. The smallest absolute Gasteiger partial charge is 0.262 e. The lowest BCUT2D eigenvalue weighted by Crippen LogP contribution is -2.32. The fourth-order valence-corrected chi connectivity index (χ4v) is 3.41. The number of halogens is 2. The molecule has 1 aromatic heterocycles. The van der Waals surface area contributed by atoms with Gasteiger partial charge in [-0.25, -0.2) is 0 Å². The highest BCUT2D eigenvalue weighted by Crippen LogP contribution is 2.39. The third-order valence-corrected chi connectivity index (χ3v) is 5.18. The number of carbonyl (C=O) groups is 1. The largest absolute Gasteiger partial charge is 0.359 e. The molecule has 0 fully saturated rings. The number of pyridine rings is 1. The summed E-state index contributed by atoms with van der Waals surface area (Å²) < 4.78 is 0. The zero-order valence-corrected chi connectivity index (χ0v) is 15.4. The van der Waals surface area contributed by atoms with E-state index in [0.717, 1.165) is 11.3 Å². The van der Waals surface area contributed by atoms with Crippen molar-refractivity contribution in [3.8, 4) is 0 Å². The number of amides is 1. The molecule has 0 bridgehead atoms. The average Bonchev–Trinajstić information content (AvgIpc) is 2.92. The lowest BCUT2D eigenvalue weighted by Gasteiger charge is -2.27. The van der Waals surface area contributed by atoms with Gasteiger partial charge in [0.05, 0.1) is 27.0 Å². The molecule has 2 heterocycles. The summed E-state index contributed by atoms with van der Waals surface area (Å²) in [4.78, 5) is 19.1. The first-order chi connectivity index (χ1) is 12.6. The molecule has 4 rings (SSSR count). The summed E-state index contributed by atoms with van der Waals surface area (Å²) in [6, 6.07) is 16.7. The quantitative estimate of drug-likeness (QED) is 0.652. The van der Waals surface area contributed by atoms with E-state index in [4.69, 9.17) is 23.2 Å². The Morgan fingerprint density at radius 1 is 1.04 bits per heavy atom. The van der Waals surface area contributed by atoms with Gasteiger partial charge in [0.15, 0.2) is 6.17 Å². The van der Waals surface area contributed by atoms with Crippen LogP contribution >= 0.6 is 23.2 Å². The van der Waals surface area contributed by atoms with Crippen LogP contribution in [0, 0.1) is 6.92 Å². The molecule has 0 aliphatic carbocycles. The van der Waals surface area contributed by atoms with E-state index >= 15 is 0 Å². The number of hydrogen-bond donors (Lipinski definition) is 1. The van der Waals surface area contributed by atoms with Crippen LogP contribution in [0.1, 0.15) is 27.8 Å². The molecule has 0 radical (unpaired) electrons. The minimum Gasteiger partial charge on any atom is -0.359 e. The second-order valence-electron chi connectivity index (χ2n) is 6.10. The maximum Gasteiger partial charge on any atom is 0.262 e. The highest BCUT2D eigenvalue weighted by atomic mass is 35.5. The van der Waals surface area contributed by atoms with Crippen LogP contribution in [0.5, 0.6) is 0 Å². The van der Waals surface area contributed by atoms with Crippen molar-refractivity contribution in [1.29, 1.82) is 0 Å². The Morgan fingerprint density at radius 2 is 1.81 bits per heavy atom. The second-order valence-corrected chi connectivity index (χ2v) is 6.88. The predicted molar refractivity (Wildman–Crippen MR) is 105 cm³/mol. The summed E-state index contributed by atoms with van der Waals surface area (Å²) in [6.45, 7) is 2.01. The molecule has 0 unspecified atom stereocenters.